The molecule has 13 heteroatoms. The van der Waals surface area contributed by atoms with Crippen LogP contribution in [0.5, 0.6) is 0 Å². The first-order valence-electron chi connectivity index (χ1n) is 15.9. The van der Waals surface area contributed by atoms with Crippen molar-refractivity contribution >= 4 is 49.9 Å². The molecule has 0 spiro atoms. The summed E-state index contributed by atoms with van der Waals surface area (Å²) >= 11 is 1.05. The van der Waals surface area contributed by atoms with Gasteiger partial charge in [0.05, 0.1) is 18.4 Å². The summed E-state index contributed by atoms with van der Waals surface area (Å²) in [5.41, 5.74) is 3.47. The maximum Gasteiger partial charge on any atom is 0.393 e. The third-order valence-corrected chi connectivity index (χ3v) is 10.1. The third kappa shape index (κ3) is 7.62. The second-order valence-corrected chi connectivity index (χ2v) is 13.8. The fourth-order valence-electron chi connectivity index (χ4n) is 6.44. The van der Waals surface area contributed by atoms with Crippen LogP contribution in [0.4, 0.5) is 24.7 Å². The number of nitrogens with one attached hydrogen (secondary N) is 2. The molecule has 1 atom stereocenters. The van der Waals surface area contributed by atoms with Crippen LogP contribution in [-0.2, 0) is 29.9 Å². The van der Waals surface area contributed by atoms with Crippen LogP contribution in [0.2, 0.25) is 0 Å². The van der Waals surface area contributed by atoms with Crippen molar-refractivity contribution in [2.75, 3.05) is 23.7 Å². The Morgan fingerprint density at radius 3 is 2.55 bits per heavy atom. The Hall–Kier alpha value is -4.77. The molecule has 0 unspecified atom stereocenters. The zero-order chi connectivity index (χ0) is 34.9. The van der Waals surface area contributed by atoms with Gasteiger partial charge in [0.15, 0.2) is 0 Å². The second-order valence-electron chi connectivity index (χ2n) is 12.7. The number of aromatic nitrogens is 3. The molecule has 0 aliphatic carbocycles. The fourth-order valence-corrected chi connectivity index (χ4v) is 7.46. The molecule has 9 nitrogen and oxygen atoms in total. The van der Waals surface area contributed by atoms with E-state index in [9.17, 15) is 28.3 Å². The van der Waals surface area contributed by atoms with Crippen molar-refractivity contribution in [3.63, 3.8) is 0 Å². The van der Waals surface area contributed by atoms with E-state index in [1.807, 2.05) is 16.7 Å². The van der Waals surface area contributed by atoms with Crippen LogP contribution in [0, 0.1) is 18.3 Å². The smallest absolute Gasteiger partial charge is 0.384 e. The van der Waals surface area contributed by atoms with Gasteiger partial charge in [0, 0.05) is 47.1 Å². The average Bonchev–Trinajstić information content (AvgIpc) is 3.63. The van der Waals surface area contributed by atoms with Crippen LogP contribution >= 0.6 is 11.3 Å². The number of piperidine rings is 1. The van der Waals surface area contributed by atoms with E-state index in [0.717, 1.165) is 65.8 Å². The largest absolute Gasteiger partial charge is 0.393 e. The molecule has 0 radical (unpaired) electrons. The van der Waals surface area contributed by atoms with E-state index in [1.165, 1.54) is 12.4 Å². The number of anilines is 2. The topological polar surface area (TPSA) is 119 Å². The molecule has 1 aliphatic heterocycles. The van der Waals surface area contributed by atoms with Gasteiger partial charge in [-0.05, 0) is 79.8 Å². The van der Waals surface area contributed by atoms with Gasteiger partial charge < -0.3 is 20.3 Å². The van der Waals surface area contributed by atoms with Crippen LogP contribution in [-0.4, -0.2) is 55.8 Å². The number of halogens is 3. The molecule has 1 fully saturated rings. The molecule has 3 aromatic heterocycles. The third-order valence-electron chi connectivity index (χ3n) is 9.08. The predicted molar refractivity (Wildman–Crippen MR) is 185 cm³/mol. The Balaban J connectivity index is 1.12. The first kappa shape index (κ1) is 34.1. The Morgan fingerprint density at radius 2 is 1.88 bits per heavy atom. The van der Waals surface area contributed by atoms with E-state index in [1.54, 1.807) is 37.3 Å². The number of nitrogens with zero attached hydrogens (tertiary/aromatic N) is 5. The van der Waals surface area contributed by atoms with Crippen molar-refractivity contribution in [3.05, 3.63) is 94.8 Å². The minimum atomic E-state index is -4.28. The average molecular weight is 688 g/mol. The van der Waals surface area contributed by atoms with Gasteiger partial charge in [0.2, 0.25) is 5.91 Å². The summed E-state index contributed by atoms with van der Waals surface area (Å²) in [5.74, 6) is 0.248. The molecule has 1 aliphatic rings. The van der Waals surface area contributed by atoms with E-state index in [-0.39, 0.29) is 23.4 Å². The minimum Gasteiger partial charge on any atom is -0.384 e. The van der Waals surface area contributed by atoms with Gasteiger partial charge in [-0.25, -0.2) is 9.97 Å². The van der Waals surface area contributed by atoms with Crippen LogP contribution in [0.25, 0.3) is 21.1 Å². The maximum absolute atomic E-state index is 13.0. The molecule has 1 saturated heterocycles. The summed E-state index contributed by atoms with van der Waals surface area (Å²) < 4.78 is 40.7. The normalized spacial score (nSPS) is 15.6. The number of carbonyl (C=O) groups is 1. The summed E-state index contributed by atoms with van der Waals surface area (Å²) in [6, 6.07) is 16.9. The molecule has 0 bridgehead atoms. The number of rotatable bonds is 10. The number of alkyl halides is 3. The Morgan fingerprint density at radius 1 is 1.14 bits per heavy atom. The number of fused-ring (bicyclic) bond motifs is 2. The molecule has 2 aromatic carbocycles. The fraction of sp³-hybridized carbons (Fsp3) is 0.333. The number of nitriles is 1. The summed E-state index contributed by atoms with van der Waals surface area (Å²) in [4.78, 5) is 23.3. The first-order valence-corrected chi connectivity index (χ1v) is 16.7. The second kappa shape index (κ2) is 13.6. The van der Waals surface area contributed by atoms with E-state index < -0.39 is 18.2 Å². The van der Waals surface area contributed by atoms with E-state index >= 15 is 0 Å². The van der Waals surface area contributed by atoms with Crippen molar-refractivity contribution < 1.29 is 23.1 Å². The van der Waals surface area contributed by atoms with Gasteiger partial charge in [-0.1, -0.05) is 24.8 Å². The van der Waals surface area contributed by atoms with Crippen LogP contribution in [0.15, 0.2) is 67.5 Å². The zero-order valence-corrected chi connectivity index (χ0v) is 28.0. The molecule has 1 amide bonds. The standard InChI is InChI=1S/C36H36F3N7O2S/c1-4-32(47)43-25-8-6-24(7-9-25)35(3,48)20-46-27(18-40)15-29-22(2)23(5-10-31(29)46)19-45-13-11-26(12-14-45)44-33-30-16-28(17-36(37,38)39)49-34(30)42-21-41-33/h4-10,15-16,21,26,48H,1,11-14,17,19-20H2,2-3H3,(H,43,47)(H,41,42,44)/t35-/m0/s1. The minimum absolute atomic E-state index is 0.131. The van der Waals surface area contributed by atoms with Crippen LogP contribution < -0.4 is 10.6 Å². The van der Waals surface area contributed by atoms with Gasteiger partial charge in [0.1, 0.15) is 34.3 Å². The molecule has 5 aromatic rings. The number of hydrogen-bond acceptors (Lipinski definition) is 8. The SMILES string of the molecule is C=CC(=O)Nc1ccc([C@@](C)(O)Cn2c(C#N)cc3c(C)c(CN4CCC(Nc5ncnc6sc(CC(F)(F)F)cc56)CC4)ccc32)cc1. The van der Waals surface area contributed by atoms with E-state index in [0.29, 0.717) is 33.0 Å². The summed E-state index contributed by atoms with van der Waals surface area (Å²) in [6.07, 6.45) is -0.982. The molecule has 254 valence electrons. The lowest BCUT2D eigenvalue weighted by Crippen LogP contribution is -2.39. The Labute approximate surface area is 285 Å². The predicted octanol–water partition coefficient (Wildman–Crippen LogP) is 7.04. The molecule has 49 heavy (non-hydrogen) atoms. The lowest BCUT2D eigenvalue weighted by atomic mass is 9.95. The summed E-state index contributed by atoms with van der Waals surface area (Å²) in [7, 11) is 0. The lowest BCUT2D eigenvalue weighted by Gasteiger charge is -2.33. The highest BCUT2D eigenvalue weighted by molar-refractivity contribution is 7.18. The highest BCUT2D eigenvalue weighted by Crippen LogP contribution is 2.34. The molecule has 3 N–H and O–H groups in total. The Bertz CT molecular complexity index is 2050. The maximum atomic E-state index is 13.0. The zero-order valence-electron chi connectivity index (χ0n) is 27.1. The lowest BCUT2D eigenvalue weighted by molar-refractivity contribution is -0.126. The van der Waals surface area contributed by atoms with Gasteiger partial charge in [-0.15, -0.1) is 11.3 Å². The molecule has 0 saturated carbocycles. The van der Waals surface area contributed by atoms with Gasteiger partial charge >= 0.3 is 6.18 Å². The quantitative estimate of drug-likeness (QED) is 0.135. The van der Waals surface area contributed by atoms with E-state index in [4.69, 9.17) is 0 Å². The van der Waals surface area contributed by atoms with Crippen molar-refractivity contribution in [2.45, 2.75) is 64.0 Å². The van der Waals surface area contributed by atoms with Gasteiger partial charge in [0.25, 0.3) is 0 Å². The summed E-state index contributed by atoms with van der Waals surface area (Å²) in [6.45, 7) is 9.76. The number of benzene rings is 2. The van der Waals surface area contributed by atoms with Crippen molar-refractivity contribution in [2.24, 2.45) is 0 Å². The number of thiophene rings is 1. The number of aliphatic hydroxyl groups is 1. The number of amides is 1. The van der Waals surface area contributed by atoms with Gasteiger partial charge in [-0.3, -0.25) is 9.69 Å². The van der Waals surface area contributed by atoms with Crippen LogP contribution in [0.3, 0.4) is 0 Å². The first-order chi connectivity index (χ1) is 23.3. The molecular formula is C36H36F3N7O2S. The van der Waals surface area contributed by atoms with Crippen molar-refractivity contribution in [3.8, 4) is 6.07 Å². The number of hydrogen-bond donors (Lipinski definition) is 3. The number of likely N-dealkylation sites (tertiary alicyclic amines) is 1. The summed E-state index contributed by atoms with van der Waals surface area (Å²) in [5, 5.41) is 29.3. The molecule has 6 rings (SSSR count). The van der Waals surface area contributed by atoms with E-state index in [2.05, 4.69) is 51.1 Å². The van der Waals surface area contributed by atoms with Gasteiger partial charge in [-0.2, -0.15) is 18.4 Å². The van der Waals surface area contributed by atoms with Crippen molar-refractivity contribution in [1.82, 2.24) is 19.4 Å². The number of carbonyl (C=O) groups excluding carboxylic acids is 1. The molecule has 4 heterocycles. The molecular weight excluding hydrogens is 652 g/mol. The highest BCUT2D eigenvalue weighted by atomic mass is 32.1. The van der Waals surface area contributed by atoms with Crippen molar-refractivity contribution in [1.29, 1.82) is 5.26 Å². The number of aryl methyl sites for hydroxylation is 1. The monoisotopic (exact) mass is 687 g/mol. The van der Waals surface area contributed by atoms with Crippen LogP contribution in [0.1, 0.15) is 47.0 Å². The Kier molecular flexibility index (Phi) is 9.48. The highest BCUT2D eigenvalue weighted by Gasteiger charge is 2.30.